The number of halogens is 2. The molecule has 0 unspecified atom stereocenters. The van der Waals surface area contributed by atoms with Gasteiger partial charge in [-0.15, -0.1) is 0 Å². The maximum Gasteiger partial charge on any atom is 0.142 e. The van der Waals surface area contributed by atoms with Crippen LogP contribution in [-0.2, 0) is 20.8 Å². The van der Waals surface area contributed by atoms with E-state index in [0.717, 1.165) is 5.56 Å². The first-order valence-corrected chi connectivity index (χ1v) is 7.39. The van der Waals surface area contributed by atoms with Crippen LogP contribution < -0.4 is 10.5 Å². The van der Waals surface area contributed by atoms with Gasteiger partial charge in [-0.25, -0.2) is 0 Å². The van der Waals surface area contributed by atoms with Gasteiger partial charge in [-0.2, -0.15) is 0 Å². The quantitative estimate of drug-likeness (QED) is 0.628. The van der Waals surface area contributed by atoms with E-state index in [1.54, 1.807) is 19.2 Å². The van der Waals surface area contributed by atoms with Gasteiger partial charge in [-0.1, -0.05) is 23.2 Å². The van der Waals surface area contributed by atoms with E-state index in [0.29, 0.717) is 62.0 Å². The summed E-state index contributed by atoms with van der Waals surface area (Å²) in [7, 11) is 1.63. The van der Waals surface area contributed by atoms with Gasteiger partial charge in [-0.05, 0) is 12.1 Å². The molecule has 0 aromatic heterocycles. The van der Waals surface area contributed by atoms with Crippen LogP contribution in [0.1, 0.15) is 5.56 Å². The van der Waals surface area contributed by atoms with Gasteiger partial charge in [0.05, 0.1) is 38.1 Å². The third-order valence-electron chi connectivity index (χ3n) is 2.58. The van der Waals surface area contributed by atoms with E-state index < -0.39 is 0 Å². The Balaban J connectivity index is 2.21. The molecule has 0 radical (unpaired) electrons. The van der Waals surface area contributed by atoms with Crippen LogP contribution in [0.5, 0.6) is 5.75 Å². The van der Waals surface area contributed by atoms with Crippen LogP contribution in [0.15, 0.2) is 12.1 Å². The highest BCUT2D eigenvalue weighted by atomic mass is 35.5. The summed E-state index contributed by atoms with van der Waals surface area (Å²) in [6, 6.07) is 3.37. The van der Waals surface area contributed by atoms with Crippen LogP contribution in [0, 0.1) is 0 Å². The summed E-state index contributed by atoms with van der Waals surface area (Å²) in [4.78, 5) is 0. The van der Waals surface area contributed by atoms with Gasteiger partial charge >= 0.3 is 0 Å². The number of methoxy groups -OCH3 is 1. The van der Waals surface area contributed by atoms with Crippen molar-refractivity contribution < 1.29 is 18.9 Å². The summed E-state index contributed by atoms with van der Waals surface area (Å²) in [6.07, 6.45) is 0. The van der Waals surface area contributed by atoms with Gasteiger partial charge in [0.2, 0.25) is 0 Å². The number of hydrogen-bond donors (Lipinski definition) is 1. The van der Waals surface area contributed by atoms with Crippen molar-refractivity contribution >= 4 is 23.2 Å². The molecule has 120 valence electrons. The molecule has 0 fully saturated rings. The predicted octanol–water partition coefficient (Wildman–Crippen LogP) is 2.51. The fourth-order valence-electron chi connectivity index (χ4n) is 1.59. The first-order valence-electron chi connectivity index (χ1n) is 6.64. The lowest BCUT2D eigenvalue weighted by molar-refractivity contribution is 0.0179. The van der Waals surface area contributed by atoms with Crippen molar-refractivity contribution in [2.24, 2.45) is 5.73 Å². The van der Waals surface area contributed by atoms with Crippen LogP contribution >= 0.6 is 23.2 Å². The molecule has 5 nitrogen and oxygen atoms in total. The minimum atomic E-state index is 0.309. The minimum absolute atomic E-state index is 0.309. The Kier molecular flexibility index (Phi) is 9.74. The smallest absolute Gasteiger partial charge is 0.142 e. The Morgan fingerprint density at radius 2 is 1.57 bits per heavy atom. The lowest BCUT2D eigenvalue weighted by Gasteiger charge is -2.13. The monoisotopic (exact) mass is 337 g/mol. The van der Waals surface area contributed by atoms with Gasteiger partial charge in [0, 0.05) is 24.2 Å². The molecule has 0 amide bonds. The van der Waals surface area contributed by atoms with E-state index in [2.05, 4.69) is 0 Å². The van der Waals surface area contributed by atoms with Crippen molar-refractivity contribution in [3.63, 3.8) is 0 Å². The standard InChI is InChI=1S/C14H21Cl2NO4/c1-18-2-3-19-4-5-20-6-7-21-14-11(10-17)8-12(15)9-13(14)16/h8-9H,2-7,10,17H2,1H3. The van der Waals surface area contributed by atoms with Crippen molar-refractivity contribution in [1.29, 1.82) is 0 Å². The van der Waals surface area contributed by atoms with Crippen molar-refractivity contribution in [2.45, 2.75) is 6.54 Å². The molecule has 7 heteroatoms. The number of hydrogen-bond acceptors (Lipinski definition) is 5. The molecule has 0 bridgehead atoms. The lowest BCUT2D eigenvalue weighted by atomic mass is 10.2. The summed E-state index contributed by atoms with van der Waals surface area (Å²) in [5, 5.41) is 0.989. The Hall–Kier alpha value is -0.560. The van der Waals surface area contributed by atoms with Crippen molar-refractivity contribution in [3.8, 4) is 5.75 Å². The van der Waals surface area contributed by atoms with Crippen LogP contribution in [0.3, 0.4) is 0 Å². The first-order chi connectivity index (χ1) is 10.2. The normalized spacial score (nSPS) is 10.9. The van der Waals surface area contributed by atoms with E-state index in [1.807, 2.05) is 0 Å². The van der Waals surface area contributed by atoms with Crippen LogP contribution in [0.2, 0.25) is 10.0 Å². The van der Waals surface area contributed by atoms with Crippen LogP contribution in [0.25, 0.3) is 0 Å². The Morgan fingerprint density at radius 1 is 0.952 bits per heavy atom. The zero-order valence-corrected chi connectivity index (χ0v) is 13.6. The molecule has 0 saturated heterocycles. The second-order valence-electron chi connectivity index (χ2n) is 4.15. The SMILES string of the molecule is COCCOCCOCCOc1c(Cl)cc(Cl)cc1CN. The van der Waals surface area contributed by atoms with Crippen LogP contribution in [0.4, 0.5) is 0 Å². The highest BCUT2D eigenvalue weighted by molar-refractivity contribution is 6.35. The Morgan fingerprint density at radius 3 is 2.19 bits per heavy atom. The van der Waals surface area contributed by atoms with Crippen molar-refractivity contribution in [3.05, 3.63) is 27.7 Å². The molecule has 1 aromatic rings. The zero-order chi connectivity index (χ0) is 15.5. The molecular formula is C14H21Cl2NO4. The fourth-order valence-corrected chi connectivity index (χ4v) is 2.18. The molecule has 1 rings (SSSR count). The van der Waals surface area contributed by atoms with E-state index in [4.69, 9.17) is 47.9 Å². The van der Waals surface area contributed by atoms with Gasteiger partial charge in [0.1, 0.15) is 12.4 Å². The predicted molar refractivity (Wildman–Crippen MR) is 83.4 cm³/mol. The number of benzene rings is 1. The summed E-state index contributed by atoms with van der Waals surface area (Å²) in [5.41, 5.74) is 6.42. The van der Waals surface area contributed by atoms with Crippen molar-refractivity contribution in [1.82, 2.24) is 0 Å². The average Bonchev–Trinajstić information content (AvgIpc) is 2.46. The summed E-state index contributed by atoms with van der Waals surface area (Å²) in [6.45, 7) is 3.31. The molecule has 0 atom stereocenters. The van der Waals surface area contributed by atoms with Crippen molar-refractivity contribution in [2.75, 3.05) is 46.8 Å². The molecule has 0 aliphatic carbocycles. The maximum absolute atomic E-state index is 6.09. The zero-order valence-electron chi connectivity index (χ0n) is 12.1. The highest BCUT2D eigenvalue weighted by Gasteiger charge is 2.09. The second-order valence-corrected chi connectivity index (χ2v) is 4.99. The van der Waals surface area contributed by atoms with Gasteiger partial charge in [0.25, 0.3) is 0 Å². The molecular weight excluding hydrogens is 317 g/mol. The maximum atomic E-state index is 6.09. The van der Waals surface area contributed by atoms with E-state index in [9.17, 15) is 0 Å². The first kappa shape index (κ1) is 18.5. The molecule has 2 N–H and O–H groups in total. The topological polar surface area (TPSA) is 62.9 Å². The number of nitrogens with two attached hydrogens (primary N) is 1. The third kappa shape index (κ3) is 7.31. The Bertz CT molecular complexity index is 418. The van der Waals surface area contributed by atoms with E-state index in [-0.39, 0.29) is 0 Å². The minimum Gasteiger partial charge on any atom is -0.489 e. The molecule has 0 saturated carbocycles. The Labute approximate surface area is 135 Å². The average molecular weight is 338 g/mol. The third-order valence-corrected chi connectivity index (χ3v) is 3.08. The molecule has 0 aliphatic heterocycles. The summed E-state index contributed by atoms with van der Waals surface area (Å²) in [5.74, 6) is 0.559. The van der Waals surface area contributed by atoms with Gasteiger partial charge < -0.3 is 24.7 Å². The molecule has 0 spiro atoms. The molecule has 21 heavy (non-hydrogen) atoms. The number of rotatable bonds is 11. The largest absolute Gasteiger partial charge is 0.489 e. The molecule has 0 heterocycles. The van der Waals surface area contributed by atoms with Crippen LogP contribution in [-0.4, -0.2) is 46.8 Å². The lowest BCUT2D eigenvalue weighted by Crippen LogP contribution is -2.13. The van der Waals surface area contributed by atoms with E-state index >= 15 is 0 Å². The molecule has 1 aromatic carbocycles. The highest BCUT2D eigenvalue weighted by Crippen LogP contribution is 2.32. The fraction of sp³-hybridized carbons (Fsp3) is 0.571. The summed E-state index contributed by atoms with van der Waals surface area (Å²) < 4.78 is 21.1. The van der Waals surface area contributed by atoms with E-state index in [1.165, 1.54) is 0 Å². The second kappa shape index (κ2) is 11.1. The van der Waals surface area contributed by atoms with Gasteiger partial charge in [0.15, 0.2) is 0 Å². The van der Waals surface area contributed by atoms with Gasteiger partial charge in [-0.3, -0.25) is 0 Å². The number of ether oxygens (including phenoxy) is 4. The molecule has 0 aliphatic rings. The summed E-state index contributed by atoms with van der Waals surface area (Å²) >= 11 is 12.0.